The van der Waals surface area contributed by atoms with Crippen LogP contribution in [0.25, 0.3) is 10.8 Å². The maximum atomic E-state index is 13.5. The number of benzene rings is 3. The van der Waals surface area contributed by atoms with Crippen LogP contribution >= 0.6 is 0 Å². The van der Waals surface area contributed by atoms with Crippen molar-refractivity contribution in [1.82, 2.24) is 0 Å². The lowest BCUT2D eigenvalue weighted by Gasteiger charge is -2.33. The summed E-state index contributed by atoms with van der Waals surface area (Å²) >= 11 is 0. The van der Waals surface area contributed by atoms with E-state index in [4.69, 9.17) is 5.26 Å². The highest BCUT2D eigenvalue weighted by molar-refractivity contribution is 5.83. The zero-order chi connectivity index (χ0) is 20.6. The second-order valence-corrected chi connectivity index (χ2v) is 7.72. The predicted octanol–water partition coefficient (Wildman–Crippen LogP) is 6.71. The number of anilines is 1. The lowest BCUT2D eigenvalue weighted by atomic mass is 10.00. The van der Waals surface area contributed by atoms with Crippen molar-refractivity contribution in [1.29, 1.82) is 5.26 Å². The normalized spacial score (nSPS) is 15.1. The van der Waals surface area contributed by atoms with Gasteiger partial charge in [0.25, 0.3) is 0 Å². The van der Waals surface area contributed by atoms with Crippen molar-refractivity contribution in [3.8, 4) is 6.07 Å². The molecule has 1 aliphatic carbocycles. The number of halogens is 3. The van der Waals surface area contributed by atoms with E-state index in [1.807, 2.05) is 42.2 Å². The van der Waals surface area contributed by atoms with E-state index >= 15 is 0 Å². The molecule has 148 valence electrons. The monoisotopic (exact) mass is 394 g/mol. The van der Waals surface area contributed by atoms with Crippen molar-refractivity contribution in [2.75, 3.05) is 11.4 Å². The van der Waals surface area contributed by atoms with Crippen molar-refractivity contribution in [2.24, 2.45) is 5.92 Å². The molecule has 4 rings (SSSR count). The highest BCUT2D eigenvalue weighted by Crippen LogP contribution is 2.39. The van der Waals surface area contributed by atoms with E-state index in [-0.39, 0.29) is 11.6 Å². The van der Waals surface area contributed by atoms with Crippen molar-refractivity contribution < 1.29 is 13.2 Å². The van der Waals surface area contributed by atoms with Gasteiger partial charge in [0.2, 0.25) is 0 Å². The Hall–Kier alpha value is -3.00. The molecule has 0 unspecified atom stereocenters. The summed E-state index contributed by atoms with van der Waals surface area (Å²) < 4.78 is 40.4. The average Bonchev–Trinajstić information content (AvgIpc) is 3.54. The molecular formula is C24H21F3N2. The summed E-state index contributed by atoms with van der Waals surface area (Å²) in [5.74, 6) is 0.503. The predicted molar refractivity (Wildman–Crippen MR) is 109 cm³/mol. The molecule has 0 radical (unpaired) electrons. The Morgan fingerprint density at radius 2 is 1.76 bits per heavy atom. The van der Waals surface area contributed by atoms with Crippen LogP contribution in [0.5, 0.6) is 0 Å². The SMILES string of the molecule is C[C@H](c1ccc2ccccc2c1)N(CC1CC1)c1ccc(C#N)c(C(F)(F)F)c1. The van der Waals surface area contributed by atoms with Gasteiger partial charge < -0.3 is 4.90 Å². The van der Waals surface area contributed by atoms with Crippen LogP contribution in [0.1, 0.15) is 42.5 Å². The minimum atomic E-state index is -4.56. The molecular weight excluding hydrogens is 373 g/mol. The highest BCUT2D eigenvalue weighted by Gasteiger charge is 2.35. The second-order valence-electron chi connectivity index (χ2n) is 7.72. The maximum Gasteiger partial charge on any atom is 0.417 e. The van der Waals surface area contributed by atoms with Gasteiger partial charge in [-0.15, -0.1) is 0 Å². The van der Waals surface area contributed by atoms with Gasteiger partial charge in [-0.1, -0.05) is 36.4 Å². The van der Waals surface area contributed by atoms with Crippen molar-refractivity contribution in [3.05, 3.63) is 77.4 Å². The Morgan fingerprint density at radius 3 is 2.41 bits per heavy atom. The number of fused-ring (bicyclic) bond motifs is 1. The van der Waals surface area contributed by atoms with Gasteiger partial charge in [0, 0.05) is 12.2 Å². The average molecular weight is 394 g/mol. The molecule has 5 heteroatoms. The largest absolute Gasteiger partial charge is 0.417 e. The molecule has 0 aromatic heterocycles. The van der Waals surface area contributed by atoms with E-state index in [9.17, 15) is 13.2 Å². The Kier molecular flexibility index (Phi) is 4.96. The van der Waals surface area contributed by atoms with E-state index in [1.54, 1.807) is 12.1 Å². The third-order valence-corrected chi connectivity index (χ3v) is 5.64. The molecule has 2 nitrogen and oxygen atoms in total. The fourth-order valence-corrected chi connectivity index (χ4v) is 3.76. The topological polar surface area (TPSA) is 27.0 Å². The molecule has 0 aliphatic heterocycles. The molecule has 3 aromatic rings. The van der Waals surface area contributed by atoms with Crippen LogP contribution in [0, 0.1) is 17.2 Å². The van der Waals surface area contributed by atoms with Crippen molar-refractivity contribution >= 4 is 16.5 Å². The lowest BCUT2D eigenvalue weighted by molar-refractivity contribution is -0.137. The summed E-state index contributed by atoms with van der Waals surface area (Å²) in [6.45, 7) is 2.73. The standard InChI is InChI=1S/C24H21F3N2/c1-16(19-9-8-18-4-2-3-5-20(18)12-19)29(15-17-6-7-17)22-11-10-21(14-28)23(13-22)24(25,26)27/h2-5,8-13,16-17H,6-7,15H2,1H3/t16-/m1/s1. The van der Waals surface area contributed by atoms with E-state index in [0.717, 1.165) is 35.2 Å². The molecule has 0 heterocycles. The summed E-state index contributed by atoms with van der Waals surface area (Å²) in [6.07, 6.45) is -2.36. The Bertz CT molecular complexity index is 1080. The van der Waals surface area contributed by atoms with Gasteiger partial charge >= 0.3 is 6.18 Å². The minimum absolute atomic E-state index is 0.0887. The molecule has 29 heavy (non-hydrogen) atoms. The lowest BCUT2D eigenvalue weighted by Crippen LogP contribution is -2.29. The number of nitriles is 1. The summed E-state index contributed by atoms with van der Waals surface area (Å²) in [5.41, 5.74) is 0.348. The number of nitrogens with zero attached hydrogens (tertiary/aromatic N) is 2. The molecule has 0 spiro atoms. The summed E-state index contributed by atoms with van der Waals surface area (Å²) in [5, 5.41) is 11.3. The van der Waals surface area contributed by atoms with E-state index in [2.05, 4.69) is 12.1 Å². The van der Waals surface area contributed by atoms with Gasteiger partial charge in [-0.25, -0.2) is 0 Å². The fourth-order valence-electron chi connectivity index (χ4n) is 3.76. The van der Waals surface area contributed by atoms with Crippen LogP contribution in [0.3, 0.4) is 0 Å². The highest BCUT2D eigenvalue weighted by atomic mass is 19.4. The first kappa shape index (κ1) is 19.3. The van der Waals surface area contributed by atoms with Crippen molar-refractivity contribution in [3.63, 3.8) is 0 Å². The van der Waals surface area contributed by atoms with Gasteiger partial charge in [-0.05, 0) is 66.3 Å². The van der Waals surface area contributed by atoms with Gasteiger partial charge in [0.1, 0.15) is 0 Å². The quantitative estimate of drug-likeness (QED) is 0.481. The first-order valence-corrected chi connectivity index (χ1v) is 9.73. The Morgan fingerprint density at radius 1 is 1.03 bits per heavy atom. The summed E-state index contributed by atoms with van der Waals surface area (Å²) in [7, 11) is 0. The van der Waals surface area contributed by atoms with Crippen LogP contribution in [0.2, 0.25) is 0 Å². The van der Waals surface area contributed by atoms with Crippen LogP contribution in [0.15, 0.2) is 60.7 Å². The van der Waals surface area contributed by atoms with Crippen LogP contribution in [0.4, 0.5) is 18.9 Å². The van der Waals surface area contributed by atoms with E-state index in [0.29, 0.717) is 18.2 Å². The van der Waals surface area contributed by atoms with Gasteiger partial charge in [0.15, 0.2) is 0 Å². The number of rotatable bonds is 5. The third-order valence-electron chi connectivity index (χ3n) is 5.64. The molecule has 1 atom stereocenters. The van der Waals surface area contributed by atoms with E-state index in [1.165, 1.54) is 6.07 Å². The van der Waals surface area contributed by atoms with Crippen LogP contribution < -0.4 is 4.90 Å². The molecule has 0 saturated heterocycles. The first-order valence-electron chi connectivity index (χ1n) is 9.73. The zero-order valence-corrected chi connectivity index (χ0v) is 16.1. The van der Waals surface area contributed by atoms with Crippen molar-refractivity contribution in [2.45, 2.75) is 32.0 Å². The molecule has 1 fully saturated rings. The summed E-state index contributed by atoms with van der Waals surface area (Å²) in [6, 6.07) is 19.9. The molecule has 0 N–H and O–H groups in total. The molecule has 0 bridgehead atoms. The Balaban J connectivity index is 1.75. The van der Waals surface area contributed by atoms with Crippen LogP contribution in [-0.2, 0) is 6.18 Å². The van der Waals surface area contributed by atoms with E-state index < -0.39 is 11.7 Å². The number of hydrogen-bond donors (Lipinski definition) is 0. The first-order chi connectivity index (χ1) is 13.9. The molecule has 0 amide bonds. The zero-order valence-electron chi connectivity index (χ0n) is 16.1. The Labute approximate surface area is 168 Å². The maximum absolute atomic E-state index is 13.5. The number of hydrogen-bond acceptors (Lipinski definition) is 2. The van der Waals surface area contributed by atoms with Gasteiger partial charge in [-0.2, -0.15) is 18.4 Å². The van der Waals surface area contributed by atoms with Gasteiger partial charge in [0.05, 0.1) is 23.2 Å². The fraction of sp³-hybridized carbons (Fsp3) is 0.292. The summed E-state index contributed by atoms with van der Waals surface area (Å²) in [4.78, 5) is 2.04. The smallest absolute Gasteiger partial charge is 0.364 e. The molecule has 3 aromatic carbocycles. The molecule has 1 saturated carbocycles. The van der Waals surface area contributed by atoms with Gasteiger partial charge in [-0.3, -0.25) is 0 Å². The van der Waals surface area contributed by atoms with Crippen LogP contribution in [-0.4, -0.2) is 6.54 Å². The minimum Gasteiger partial charge on any atom is -0.364 e. The third kappa shape index (κ3) is 4.07. The number of alkyl halides is 3. The second kappa shape index (κ2) is 7.44. The molecule has 1 aliphatic rings.